The number of rotatable bonds is 7. The van der Waals surface area contributed by atoms with E-state index in [1.807, 2.05) is 0 Å². The summed E-state index contributed by atoms with van der Waals surface area (Å²) >= 11 is 0. The maximum atomic E-state index is 12.9. The van der Waals surface area contributed by atoms with E-state index >= 15 is 0 Å². The first-order chi connectivity index (χ1) is 12.7. The van der Waals surface area contributed by atoms with Gasteiger partial charge in [-0.05, 0) is 68.6 Å². The van der Waals surface area contributed by atoms with Gasteiger partial charge >= 0.3 is 0 Å². The van der Waals surface area contributed by atoms with E-state index in [0.29, 0.717) is 30.4 Å². The molecule has 0 bridgehead atoms. The van der Waals surface area contributed by atoms with Crippen LogP contribution in [0.5, 0.6) is 11.5 Å². The van der Waals surface area contributed by atoms with Crippen LogP contribution in [0.3, 0.4) is 0 Å². The molecular weight excluding hydrogens is 333 g/mol. The first-order valence-corrected chi connectivity index (χ1v) is 9.05. The van der Waals surface area contributed by atoms with Gasteiger partial charge in [-0.1, -0.05) is 0 Å². The molecule has 0 aliphatic carbocycles. The van der Waals surface area contributed by atoms with E-state index in [1.54, 1.807) is 30.5 Å². The van der Waals surface area contributed by atoms with Crippen LogP contribution in [0.2, 0.25) is 0 Å². The molecule has 138 valence electrons. The predicted octanol–water partition coefficient (Wildman–Crippen LogP) is 3.41. The summed E-state index contributed by atoms with van der Waals surface area (Å²) < 4.78 is 18.6. The number of pyridine rings is 1. The number of carbonyl (C=O) groups excluding carboxylic acids is 1. The smallest absolute Gasteiger partial charge is 0.220 e. The number of carbonyl (C=O) groups is 1. The first kappa shape index (κ1) is 18.3. The molecule has 1 aromatic carbocycles. The van der Waals surface area contributed by atoms with Crippen molar-refractivity contribution in [1.29, 1.82) is 0 Å². The molecule has 0 saturated carbocycles. The lowest BCUT2D eigenvalue weighted by Crippen LogP contribution is -2.29. The van der Waals surface area contributed by atoms with E-state index in [2.05, 4.69) is 15.6 Å². The minimum Gasteiger partial charge on any atom is -0.457 e. The molecule has 0 radical (unpaired) electrons. The van der Waals surface area contributed by atoms with Gasteiger partial charge in [0.1, 0.15) is 17.3 Å². The number of hydrogen-bond acceptors (Lipinski definition) is 4. The van der Waals surface area contributed by atoms with Crippen LogP contribution in [-0.4, -0.2) is 24.0 Å². The van der Waals surface area contributed by atoms with Crippen LogP contribution in [-0.2, 0) is 11.3 Å². The van der Waals surface area contributed by atoms with Crippen LogP contribution in [0, 0.1) is 11.7 Å². The Balaban J connectivity index is 1.45. The van der Waals surface area contributed by atoms with Crippen molar-refractivity contribution in [3.63, 3.8) is 0 Å². The Hall–Kier alpha value is -2.47. The zero-order chi connectivity index (χ0) is 18.2. The van der Waals surface area contributed by atoms with Gasteiger partial charge < -0.3 is 15.4 Å². The molecule has 2 N–H and O–H groups in total. The van der Waals surface area contributed by atoms with E-state index in [9.17, 15) is 9.18 Å². The van der Waals surface area contributed by atoms with Crippen molar-refractivity contribution in [2.24, 2.45) is 5.92 Å². The summed E-state index contributed by atoms with van der Waals surface area (Å²) in [6.45, 7) is 2.47. The third-order valence-corrected chi connectivity index (χ3v) is 4.54. The Bertz CT molecular complexity index is 715. The van der Waals surface area contributed by atoms with Gasteiger partial charge in [-0.2, -0.15) is 0 Å². The number of aromatic nitrogens is 1. The van der Waals surface area contributed by atoms with Crippen molar-refractivity contribution in [2.75, 3.05) is 13.1 Å². The molecule has 6 heteroatoms. The quantitative estimate of drug-likeness (QED) is 0.797. The normalized spacial score (nSPS) is 14.8. The third kappa shape index (κ3) is 5.81. The maximum absolute atomic E-state index is 12.9. The summed E-state index contributed by atoms with van der Waals surface area (Å²) in [4.78, 5) is 16.3. The van der Waals surface area contributed by atoms with E-state index in [-0.39, 0.29) is 11.7 Å². The van der Waals surface area contributed by atoms with Crippen LogP contribution in [0.15, 0.2) is 42.6 Å². The summed E-state index contributed by atoms with van der Waals surface area (Å²) in [6.07, 6.45) is 5.43. The second kappa shape index (κ2) is 9.29. The first-order valence-electron chi connectivity index (χ1n) is 9.05. The number of halogens is 1. The standard InChI is InChI=1S/C20H24FN3O2/c21-16-2-4-18(5-3-16)26-19-9-12-23-17(13-19)14-24-20(25)6-1-15-7-10-22-11-8-15/h2-5,9,12-13,15,22H,1,6-8,10-11,14H2,(H,24,25). The zero-order valence-electron chi connectivity index (χ0n) is 14.7. The van der Waals surface area contributed by atoms with E-state index in [1.165, 1.54) is 12.1 Å². The Labute approximate surface area is 153 Å². The molecule has 1 saturated heterocycles. The van der Waals surface area contributed by atoms with E-state index in [0.717, 1.165) is 38.0 Å². The van der Waals surface area contributed by atoms with Gasteiger partial charge in [0.15, 0.2) is 0 Å². The lowest BCUT2D eigenvalue weighted by Gasteiger charge is -2.22. The summed E-state index contributed by atoms with van der Waals surface area (Å²) in [5.41, 5.74) is 0.722. The van der Waals surface area contributed by atoms with Crippen LogP contribution in [0.25, 0.3) is 0 Å². The van der Waals surface area contributed by atoms with E-state index < -0.39 is 0 Å². The molecule has 1 aliphatic heterocycles. The second-order valence-corrected chi connectivity index (χ2v) is 6.55. The fraction of sp³-hybridized carbons (Fsp3) is 0.400. The molecule has 1 amide bonds. The molecule has 1 aromatic heterocycles. The molecule has 3 rings (SSSR count). The molecule has 5 nitrogen and oxygen atoms in total. The predicted molar refractivity (Wildman–Crippen MR) is 97.4 cm³/mol. The van der Waals surface area contributed by atoms with Gasteiger partial charge in [-0.25, -0.2) is 4.39 Å². The van der Waals surface area contributed by atoms with Crippen molar-refractivity contribution in [1.82, 2.24) is 15.6 Å². The largest absolute Gasteiger partial charge is 0.457 e. The number of piperidine rings is 1. The number of benzene rings is 1. The Morgan fingerprint density at radius 1 is 1.19 bits per heavy atom. The van der Waals surface area contributed by atoms with Crippen molar-refractivity contribution < 1.29 is 13.9 Å². The summed E-state index contributed by atoms with van der Waals surface area (Å²) in [5, 5.41) is 6.25. The average Bonchev–Trinajstić information content (AvgIpc) is 2.68. The van der Waals surface area contributed by atoms with Gasteiger partial charge in [-0.15, -0.1) is 0 Å². The van der Waals surface area contributed by atoms with E-state index in [4.69, 9.17) is 4.74 Å². The minimum absolute atomic E-state index is 0.0511. The van der Waals surface area contributed by atoms with Crippen LogP contribution >= 0.6 is 0 Å². The average molecular weight is 357 g/mol. The Morgan fingerprint density at radius 3 is 2.73 bits per heavy atom. The zero-order valence-corrected chi connectivity index (χ0v) is 14.7. The number of ether oxygens (including phenoxy) is 1. The number of amides is 1. The molecule has 26 heavy (non-hydrogen) atoms. The number of nitrogens with zero attached hydrogens (tertiary/aromatic N) is 1. The van der Waals surface area contributed by atoms with Crippen LogP contribution < -0.4 is 15.4 Å². The highest BCUT2D eigenvalue weighted by atomic mass is 19.1. The van der Waals surface area contributed by atoms with Crippen molar-refractivity contribution >= 4 is 5.91 Å². The van der Waals surface area contributed by atoms with Crippen LogP contribution in [0.4, 0.5) is 4.39 Å². The van der Waals surface area contributed by atoms with Crippen molar-refractivity contribution in [3.8, 4) is 11.5 Å². The number of nitrogens with one attached hydrogen (secondary N) is 2. The molecule has 2 heterocycles. The van der Waals surface area contributed by atoms with Gasteiger partial charge in [-0.3, -0.25) is 9.78 Å². The maximum Gasteiger partial charge on any atom is 0.220 e. The topological polar surface area (TPSA) is 63.2 Å². The SMILES string of the molecule is O=C(CCC1CCNCC1)NCc1cc(Oc2ccc(F)cc2)ccn1. The summed E-state index contributed by atoms with van der Waals surface area (Å²) in [7, 11) is 0. The van der Waals surface area contributed by atoms with Crippen molar-refractivity contribution in [3.05, 3.63) is 54.1 Å². The second-order valence-electron chi connectivity index (χ2n) is 6.55. The molecule has 1 fully saturated rings. The third-order valence-electron chi connectivity index (χ3n) is 4.54. The van der Waals surface area contributed by atoms with Gasteiger partial charge in [0, 0.05) is 18.7 Å². The summed E-state index contributed by atoms with van der Waals surface area (Å²) in [5.74, 6) is 1.54. The number of hydrogen-bond donors (Lipinski definition) is 2. The minimum atomic E-state index is -0.306. The molecule has 0 spiro atoms. The lowest BCUT2D eigenvalue weighted by molar-refractivity contribution is -0.121. The van der Waals surface area contributed by atoms with Gasteiger partial charge in [0.25, 0.3) is 0 Å². The highest BCUT2D eigenvalue weighted by Gasteiger charge is 2.14. The lowest BCUT2D eigenvalue weighted by atomic mass is 9.93. The molecular formula is C20H24FN3O2. The fourth-order valence-corrected chi connectivity index (χ4v) is 3.04. The fourth-order valence-electron chi connectivity index (χ4n) is 3.04. The monoisotopic (exact) mass is 357 g/mol. The van der Waals surface area contributed by atoms with Crippen molar-refractivity contribution in [2.45, 2.75) is 32.2 Å². The van der Waals surface area contributed by atoms with Gasteiger partial charge in [0.2, 0.25) is 5.91 Å². The highest BCUT2D eigenvalue weighted by molar-refractivity contribution is 5.75. The Morgan fingerprint density at radius 2 is 1.96 bits per heavy atom. The molecule has 0 unspecified atom stereocenters. The Kier molecular flexibility index (Phi) is 6.55. The summed E-state index contributed by atoms with van der Waals surface area (Å²) in [6, 6.07) is 9.33. The molecule has 0 atom stereocenters. The molecule has 2 aromatic rings. The highest BCUT2D eigenvalue weighted by Crippen LogP contribution is 2.21. The van der Waals surface area contributed by atoms with Crippen LogP contribution in [0.1, 0.15) is 31.4 Å². The van der Waals surface area contributed by atoms with Gasteiger partial charge in [0.05, 0.1) is 12.2 Å². The molecule has 1 aliphatic rings.